The van der Waals surface area contributed by atoms with Crippen LogP contribution < -0.4 is 14.2 Å². The maximum Gasteiger partial charge on any atom is 0.343 e. The molecule has 0 bridgehead atoms. The molecule has 0 atom stereocenters. The summed E-state index contributed by atoms with van der Waals surface area (Å²) in [7, 11) is 0. The first-order valence-electron chi connectivity index (χ1n) is 18.2. The van der Waals surface area contributed by atoms with Crippen molar-refractivity contribution in [2.75, 3.05) is 19.8 Å². The molecule has 0 amide bonds. The van der Waals surface area contributed by atoms with Gasteiger partial charge in [-0.1, -0.05) is 44.4 Å². The summed E-state index contributed by atoms with van der Waals surface area (Å²) in [6.45, 7) is 9.63. The zero-order chi connectivity index (χ0) is 35.8. The molecule has 0 radical (unpaired) electrons. The van der Waals surface area contributed by atoms with Crippen LogP contribution >= 0.6 is 0 Å². The van der Waals surface area contributed by atoms with Crippen molar-refractivity contribution in [3.63, 3.8) is 0 Å². The van der Waals surface area contributed by atoms with Gasteiger partial charge in [0.05, 0.1) is 41.4 Å². The number of carbonyl (C=O) groups excluding carboxylic acids is 2. The standard InChI is InChI=1S/C42H49N3O6/c1-4-12-31-15-17-32(18-16-31)41(46)50-36-23-24-39(34(28-36)29-43-40-30(3)44-37-13-8-9-14-38(37)45-40)51-42(47)33-19-21-35(22-20-33)49-27-11-7-6-10-26-48-25-5-2/h5,8-9,13-14,19-24,28-29,31-32H,2,4,6-7,10-12,15-18,25-27H2,1,3H3/b43-29+. The number of fused-ring (bicyclic) bond motifs is 1. The maximum absolute atomic E-state index is 13.3. The van der Waals surface area contributed by atoms with Gasteiger partial charge in [0.15, 0.2) is 5.82 Å². The third-order valence-corrected chi connectivity index (χ3v) is 9.10. The molecule has 0 spiro atoms. The molecule has 1 fully saturated rings. The van der Waals surface area contributed by atoms with Crippen LogP contribution in [0.1, 0.15) is 92.7 Å². The highest BCUT2D eigenvalue weighted by atomic mass is 16.5. The van der Waals surface area contributed by atoms with E-state index < -0.39 is 5.97 Å². The third kappa shape index (κ3) is 11.3. The third-order valence-electron chi connectivity index (χ3n) is 9.10. The number of benzene rings is 3. The van der Waals surface area contributed by atoms with Gasteiger partial charge in [-0.2, -0.15) is 0 Å². The molecular weight excluding hydrogens is 642 g/mol. The van der Waals surface area contributed by atoms with Crippen LogP contribution in [0.2, 0.25) is 0 Å². The molecule has 0 saturated heterocycles. The van der Waals surface area contributed by atoms with E-state index in [4.69, 9.17) is 18.9 Å². The molecule has 5 rings (SSSR count). The number of aliphatic imine (C=N–C) groups is 1. The molecule has 3 aromatic carbocycles. The Balaban J connectivity index is 1.25. The number of rotatable bonds is 18. The van der Waals surface area contributed by atoms with E-state index in [1.807, 2.05) is 31.2 Å². The summed E-state index contributed by atoms with van der Waals surface area (Å²) in [6, 6.07) is 19.4. The molecule has 0 N–H and O–H groups in total. The van der Waals surface area contributed by atoms with Crippen LogP contribution in [0.25, 0.3) is 11.0 Å². The average Bonchev–Trinajstić information content (AvgIpc) is 3.14. The van der Waals surface area contributed by atoms with Crippen LogP contribution in [0, 0.1) is 18.8 Å². The number of esters is 2. The van der Waals surface area contributed by atoms with Crippen molar-refractivity contribution in [1.29, 1.82) is 0 Å². The fraction of sp³-hybridized carbons (Fsp3) is 0.405. The largest absolute Gasteiger partial charge is 0.494 e. The lowest BCUT2D eigenvalue weighted by Gasteiger charge is -2.26. The van der Waals surface area contributed by atoms with E-state index in [2.05, 4.69) is 28.5 Å². The molecular formula is C42H49N3O6. The molecule has 1 aromatic heterocycles. The smallest absolute Gasteiger partial charge is 0.343 e. The first-order chi connectivity index (χ1) is 24.9. The second kappa shape index (κ2) is 19.5. The van der Waals surface area contributed by atoms with Gasteiger partial charge in [0, 0.05) is 18.4 Å². The molecule has 9 nitrogen and oxygen atoms in total. The monoisotopic (exact) mass is 691 g/mol. The Bertz CT molecular complexity index is 1780. The summed E-state index contributed by atoms with van der Waals surface area (Å²) >= 11 is 0. The zero-order valence-corrected chi connectivity index (χ0v) is 29.9. The first-order valence-corrected chi connectivity index (χ1v) is 18.2. The van der Waals surface area contributed by atoms with E-state index in [-0.39, 0.29) is 17.6 Å². The van der Waals surface area contributed by atoms with Gasteiger partial charge >= 0.3 is 11.9 Å². The molecule has 51 heavy (non-hydrogen) atoms. The van der Waals surface area contributed by atoms with Gasteiger partial charge in [0.1, 0.15) is 17.2 Å². The van der Waals surface area contributed by atoms with Crippen molar-refractivity contribution in [2.24, 2.45) is 16.8 Å². The van der Waals surface area contributed by atoms with Crippen LogP contribution in [0.4, 0.5) is 5.82 Å². The number of hydrogen-bond donors (Lipinski definition) is 0. The van der Waals surface area contributed by atoms with Crippen molar-refractivity contribution >= 4 is 35.0 Å². The quantitative estimate of drug-likeness (QED) is 0.0334. The number of ether oxygens (including phenoxy) is 4. The number of aromatic nitrogens is 2. The molecule has 268 valence electrons. The van der Waals surface area contributed by atoms with E-state index in [1.54, 1.807) is 54.8 Å². The number of hydrogen-bond acceptors (Lipinski definition) is 9. The number of para-hydroxylation sites is 2. The predicted octanol–water partition coefficient (Wildman–Crippen LogP) is 9.56. The van der Waals surface area contributed by atoms with Gasteiger partial charge < -0.3 is 18.9 Å². The molecule has 1 heterocycles. The van der Waals surface area contributed by atoms with E-state index in [0.717, 1.165) is 69.0 Å². The first kappa shape index (κ1) is 37.4. The molecule has 0 aliphatic heterocycles. The van der Waals surface area contributed by atoms with Crippen LogP contribution in [0.15, 0.2) is 84.4 Å². The van der Waals surface area contributed by atoms with Crippen molar-refractivity contribution < 1.29 is 28.5 Å². The van der Waals surface area contributed by atoms with Crippen LogP contribution in [0.5, 0.6) is 17.2 Å². The molecule has 0 unspecified atom stereocenters. The second-order valence-electron chi connectivity index (χ2n) is 13.0. The van der Waals surface area contributed by atoms with Gasteiger partial charge in [-0.25, -0.2) is 19.8 Å². The minimum Gasteiger partial charge on any atom is -0.494 e. The Morgan fingerprint density at radius 2 is 1.57 bits per heavy atom. The highest BCUT2D eigenvalue weighted by Gasteiger charge is 2.27. The normalized spacial score (nSPS) is 15.9. The lowest BCUT2D eigenvalue weighted by Crippen LogP contribution is -2.25. The highest BCUT2D eigenvalue weighted by molar-refractivity contribution is 5.94. The van der Waals surface area contributed by atoms with Gasteiger partial charge in [0.2, 0.25) is 0 Å². The van der Waals surface area contributed by atoms with Gasteiger partial charge in [-0.15, -0.1) is 6.58 Å². The van der Waals surface area contributed by atoms with Crippen molar-refractivity contribution in [3.8, 4) is 17.2 Å². The zero-order valence-electron chi connectivity index (χ0n) is 29.9. The summed E-state index contributed by atoms with van der Waals surface area (Å²) < 4.78 is 23.0. The Labute approximate surface area is 301 Å². The minimum atomic E-state index is -0.537. The van der Waals surface area contributed by atoms with E-state index in [0.29, 0.717) is 53.3 Å². The Kier molecular flexibility index (Phi) is 14.3. The molecule has 1 aliphatic rings. The molecule has 1 saturated carbocycles. The number of carbonyl (C=O) groups is 2. The van der Waals surface area contributed by atoms with E-state index in [9.17, 15) is 9.59 Å². The van der Waals surface area contributed by atoms with Crippen molar-refractivity contribution in [2.45, 2.75) is 78.1 Å². The van der Waals surface area contributed by atoms with Crippen LogP contribution in [-0.4, -0.2) is 47.9 Å². The summed E-state index contributed by atoms with van der Waals surface area (Å²) in [5.41, 5.74) is 2.98. The highest BCUT2D eigenvalue weighted by Crippen LogP contribution is 2.33. The van der Waals surface area contributed by atoms with Gasteiger partial charge in [-0.3, -0.25) is 4.79 Å². The Hall–Kier alpha value is -4.89. The van der Waals surface area contributed by atoms with Crippen molar-refractivity contribution in [1.82, 2.24) is 9.97 Å². The molecule has 9 heteroatoms. The Morgan fingerprint density at radius 3 is 2.29 bits per heavy atom. The average molecular weight is 692 g/mol. The summed E-state index contributed by atoms with van der Waals surface area (Å²) in [5, 5.41) is 0. The minimum absolute atomic E-state index is 0.122. The number of unbranched alkanes of at least 4 members (excludes halogenated alkanes) is 3. The van der Waals surface area contributed by atoms with Crippen molar-refractivity contribution in [3.05, 3.63) is 96.2 Å². The lowest BCUT2D eigenvalue weighted by atomic mass is 9.80. The topological polar surface area (TPSA) is 109 Å². The van der Waals surface area contributed by atoms with Crippen LogP contribution in [-0.2, 0) is 9.53 Å². The fourth-order valence-corrected chi connectivity index (χ4v) is 6.27. The van der Waals surface area contributed by atoms with Gasteiger partial charge in [-0.05, 0) is 112 Å². The number of nitrogens with zero attached hydrogens (tertiary/aromatic N) is 3. The maximum atomic E-state index is 13.3. The SMILES string of the molecule is C=CCOCCCCCCOc1ccc(C(=O)Oc2ccc(OC(=O)C3CCC(CCC)CC3)cc2/C=N/c2nc3ccccc3nc2C)cc1. The summed E-state index contributed by atoms with van der Waals surface area (Å²) in [6.07, 6.45) is 13.6. The Morgan fingerprint density at radius 1 is 0.863 bits per heavy atom. The fourth-order valence-electron chi connectivity index (χ4n) is 6.27. The van der Waals surface area contributed by atoms with E-state index in [1.165, 1.54) is 12.8 Å². The lowest BCUT2D eigenvalue weighted by molar-refractivity contribution is -0.140. The summed E-state index contributed by atoms with van der Waals surface area (Å²) in [5.74, 6) is 1.55. The van der Waals surface area contributed by atoms with Gasteiger partial charge in [0.25, 0.3) is 0 Å². The summed E-state index contributed by atoms with van der Waals surface area (Å²) in [4.78, 5) is 40.3. The molecule has 4 aromatic rings. The van der Waals surface area contributed by atoms with E-state index >= 15 is 0 Å². The predicted molar refractivity (Wildman–Crippen MR) is 200 cm³/mol. The van der Waals surface area contributed by atoms with Crippen LogP contribution in [0.3, 0.4) is 0 Å². The second-order valence-corrected chi connectivity index (χ2v) is 13.0. The molecule has 1 aliphatic carbocycles. The number of aryl methyl sites for hydroxylation is 1.